The lowest BCUT2D eigenvalue weighted by Crippen LogP contribution is -2.05. The van der Waals surface area contributed by atoms with Crippen molar-refractivity contribution in [2.75, 3.05) is 62.0 Å². The number of benzene rings is 12. The Bertz CT molecular complexity index is 4570. The third-order valence-corrected chi connectivity index (χ3v) is 15.4. The minimum Gasteiger partial charge on any atom is -0.494 e. The largest absolute Gasteiger partial charge is 0.494 e. The van der Waals surface area contributed by atoms with Gasteiger partial charge in [0.05, 0.1) is 54.0 Å². The van der Waals surface area contributed by atoms with Crippen LogP contribution in [-0.2, 0) is 22.3 Å². The normalized spacial score (nSPS) is 11.4. The van der Waals surface area contributed by atoms with Crippen molar-refractivity contribution in [3.8, 4) is 34.5 Å². The smallest absolute Gasteiger partial charge is 0.173 e. The van der Waals surface area contributed by atoms with Gasteiger partial charge in [0.1, 0.15) is 11.6 Å². The summed E-state index contributed by atoms with van der Waals surface area (Å²) < 4.78 is 157. The first-order chi connectivity index (χ1) is 44.0. The molecular formula is C75H68F8O8. The quantitative estimate of drug-likeness (QED) is 0.0507. The lowest BCUT2D eigenvalue weighted by molar-refractivity contribution is 0.201. The van der Waals surface area contributed by atoms with Crippen molar-refractivity contribution in [1.82, 2.24) is 0 Å². The number of halogens is 8. The molecule has 0 fully saturated rings. The predicted molar refractivity (Wildman–Crippen MR) is 348 cm³/mol. The Kier molecular flexibility index (Phi) is 21.7. The van der Waals surface area contributed by atoms with Crippen LogP contribution in [0.4, 0.5) is 35.1 Å². The van der Waals surface area contributed by atoms with Crippen LogP contribution in [0.25, 0.3) is 86.2 Å². The van der Waals surface area contributed by atoms with Gasteiger partial charge in [-0.15, -0.1) is 0 Å². The molecule has 472 valence electrons. The average molecular weight is 1250 g/mol. The van der Waals surface area contributed by atoms with Crippen molar-refractivity contribution in [2.45, 2.75) is 47.0 Å². The summed E-state index contributed by atoms with van der Waals surface area (Å²) in [5.41, 5.74) is 1.20. The van der Waals surface area contributed by atoms with E-state index in [4.69, 9.17) is 37.9 Å². The second kappa shape index (κ2) is 30.0. The second-order valence-electron chi connectivity index (χ2n) is 21.6. The summed E-state index contributed by atoms with van der Waals surface area (Å²) in [6.45, 7) is 9.59. The van der Waals surface area contributed by atoms with Crippen LogP contribution in [0.2, 0.25) is 0 Å². The summed E-state index contributed by atoms with van der Waals surface area (Å²) in [4.78, 5) is 0. The summed E-state index contributed by atoms with van der Waals surface area (Å²) in [5.74, 6) is -1.69. The summed E-state index contributed by atoms with van der Waals surface area (Å²) in [6.07, 6.45) is 4.91. The molecule has 91 heavy (non-hydrogen) atoms. The van der Waals surface area contributed by atoms with Crippen molar-refractivity contribution in [2.24, 2.45) is 5.92 Å². The lowest BCUT2D eigenvalue weighted by atomic mass is 9.98. The molecule has 0 aromatic heterocycles. The molecular weight excluding hydrogens is 1180 g/mol. The van der Waals surface area contributed by atoms with Gasteiger partial charge in [-0.05, 0) is 159 Å². The number of fused-ring (bicyclic) bond motifs is 12. The molecule has 12 rings (SSSR count). The fourth-order valence-corrected chi connectivity index (χ4v) is 10.8. The van der Waals surface area contributed by atoms with E-state index in [1.807, 2.05) is 32.9 Å². The molecule has 0 spiro atoms. The molecule has 0 atom stereocenters. The standard InChI is InChI=1S/C20H20F2O2.C19H18F2O2.C18H16F2O2.C18H14F2O2/c1-3-11-24-18-9-8-15-14-5-4-13(10-12-23-2)19(21)16(14)6-7-17(15)20(18)22;1-11(2)10-23-17-9-7-13-12-6-8-16(22-3)18(20)14(12)4-5-15(13)19(17)21;1-21-10-9-11-3-4-12-13-7-8-16(22-2)18(20)15(13)6-5-14(12)17(11)19;1-3-10-22-16-9-7-12-11-6-8-15(21-2)17(19)13(11)4-5-14(12)18(16)20/h4-9H,3,10-12H2,1-2H3;4-9,11H,10H2,1-3H3;3-8H,9-10H2,1-2H3;3-10H,1-2H3/b;;;10-3+. The molecule has 12 aromatic rings. The van der Waals surface area contributed by atoms with Gasteiger partial charge >= 0.3 is 0 Å². The van der Waals surface area contributed by atoms with E-state index in [0.29, 0.717) is 142 Å². The molecule has 0 heterocycles. The van der Waals surface area contributed by atoms with Crippen LogP contribution in [0.3, 0.4) is 0 Å². The van der Waals surface area contributed by atoms with Gasteiger partial charge in [-0.1, -0.05) is 99.6 Å². The zero-order valence-corrected chi connectivity index (χ0v) is 51.8. The van der Waals surface area contributed by atoms with E-state index in [0.717, 1.165) is 6.42 Å². The first-order valence-corrected chi connectivity index (χ1v) is 29.5. The van der Waals surface area contributed by atoms with E-state index in [-0.39, 0.29) is 46.1 Å². The minimum atomic E-state index is -0.464. The molecule has 0 saturated heterocycles. The van der Waals surface area contributed by atoms with Crippen molar-refractivity contribution in [1.29, 1.82) is 0 Å². The van der Waals surface area contributed by atoms with Crippen LogP contribution in [0.5, 0.6) is 34.5 Å². The van der Waals surface area contributed by atoms with E-state index in [9.17, 15) is 35.1 Å². The van der Waals surface area contributed by atoms with Gasteiger partial charge in [-0.2, -0.15) is 0 Å². The molecule has 16 heteroatoms. The fourth-order valence-electron chi connectivity index (χ4n) is 10.8. The van der Waals surface area contributed by atoms with E-state index >= 15 is 0 Å². The molecule has 0 aliphatic carbocycles. The molecule has 0 radical (unpaired) electrons. The molecule has 0 unspecified atom stereocenters. The van der Waals surface area contributed by atoms with Crippen molar-refractivity contribution < 1.29 is 73.0 Å². The van der Waals surface area contributed by atoms with Crippen molar-refractivity contribution in [3.63, 3.8) is 0 Å². The van der Waals surface area contributed by atoms with Gasteiger partial charge in [-0.25, -0.2) is 35.1 Å². The number of hydrogen-bond donors (Lipinski definition) is 0. The molecule has 0 bridgehead atoms. The van der Waals surface area contributed by atoms with Gasteiger partial charge in [0.25, 0.3) is 0 Å². The highest BCUT2D eigenvalue weighted by Gasteiger charge is 2.19. The van der Waals surface area contributed by atoms with Crippen LogP contribution in [0.1, 0.15) is 45.2 Å². The summed E-state index contributed by atoms with van der Waals surface area (Å²) >= 11 is 0. The van der Waals surface area contributed by atoms with Crippen molar-refractivity contribution >= 4 is 86.2 Å². The maximum atomic E-state index is 14.7. The number of rotatable bonds is 17. The Balaban J connectivity index is 0.000000144. The van der Waals surface area contributed by atoms with E-state index < -0.39 is 34.9 Å². The highest BCUT2D eigenvalue weighted by Crippen LogP contribution is 2.39. The molecule has 0 saturated carbocycles. The van der Waals surface area contributed by atoms with E-state index in [2.05, 4.69) is 0 Å². The third-order valence-electron chi connectivity index (χ3n) is 15.4. The Labute approximate surface area is 522 Å². The minimum absolute atomic E-state index is 0.138. The fraction of sp³-hybridized carbons (Fsp3) is 0.227. The highest BCUT2D eigenvalue weighted by atomic mass is 19.2. The summed E-state index contributed by atoms with van der Waals surface area (Å²) in [5, 5.41) is 8.79. The average Bonchev–Trinajstić information content (AvgIpc) is 1.75. The highest BCUT2D eigenvalue weighted by molar-refractivity contribution is 6.11. The van der Waals surface area contributed by atoms with Crippen LogP contribution in [0.15, 0.2) is 158 Å². The zero-order chi connectivity index (χ0) is 65.0. The first-order valence-electron chi connectivity index (χ1n) is 29.5. The molecule has 0 aliphatic heterocycles. The zero-order valence-electron chi connectivity index (χ0n) is 51.8. The monoisotopic (exact) mass is 1250 g/mol. The topological polar surface area (TPSA) is 73.8 Å². The Hall–Kier alpha value is -9.38. The summed E-state index contributed by atoms with van der Waals surface area (Å²) in [6, 6.07) is 39.8. The second-order valence-corrected chi connectivity index (χ2v) is 21.6. The Morgan fingerprint density at radius 2 is 0.582 bits per heavy atom. The maximum Gasteiger partial charge on any atom is 0.173 e. The lowest BCUT2D eigenvalue weighted by Gasteiger charge is -2.13. The number of methoxy groups -OCH3 is 5. The van der Waals surface area contributed by atoms with Crippen molar-refractivity contribution in [3.05, 3.63) is 216 Å². The summed E-state index contributed by atoms with van der Waals surface area (Å²) in [7, 11) is 7.43. The van der Waals surface area contributed by atoms with Crippen LogP contribution in [-0.4, -0.2) is 62.0 Å². The van der Waals surface area contributed by atoms with Crippen LogP contribution < -0.4 is 28.4 Å². The predicted octanol–water partition coefficient (Wildman–Crippen LogP) is 20.2. The first kappa shape index (κ1) is 66.0. The van der Waals surface area contributed by atoms with Gasteiger partial charge in [-0.3, -0.25) is 0 Å². The molecule has 0 aliphatic rings. The van der Waals surface area contributed by atoms with Gasteiger partial charge < -0.3 is 37.9 Å². The number of hydrogen-bond acceptors (Lipinski definition) is 8. The molecule has 0 amide bonds. The molecule has 8 nitrogen and oxygen atoms in total. The van der Waals surface area contributed by atoms with E-state index in [1.54, 1.807) is 161 Å². The van der Waals surface area contributed by atoms with E-state index in [1.165, 1.54) is 27.6 Å². The molecule has 0 N–H and O–H groups in total. The van der Waals surface area contributed by atoms with Gasteiger partial charge in [0.15, 0.2) is 69.4 Å². The molecule has 12 aromatic carbocycles. The van der Waals surface area contributed by atoms with Crippen LogP contribution in [0, 0.1) is 52.5 Å². The number of allylic oxidation sites excluding steroid dienone is 1. The van der Waals surface area contributed by atoms with Gasteiger partial charge in [0.2, 0.25) is 0 Å². The van der Waals surface area contributed by atoms with Crippen LogP contribution >= 0.6 is 0 Å². The third kappa shape index (κ3) is 13.9. The maximum absolute atomic E-state index is 14.7. The Morgan fingerprint density at radius 3 is 0.879 bits per heavy atom. The number of ether oxygens (including phenoxy) is 8. The van der Waals surface area contributed by atoms with Gasteiger partial charge in [0, 0.05) is 57.3 Å². The Morgan fingerprint density at radius 1 is 0.319 bits per heavy atom. The SMILES string of the molecule is C/C=C/Oc1ccc2c(ccc3c(F)c(OC)ccc32)c1F.CCCOc1ccc2c(ccc3c(F)c(CCOC)ccc32)c1F.COCCc1ccc2c(ccc3c(F)c(OC)ccc32)c1F.COc1ccc2c(ccc3c(F)c(OCC(C)C)ccc32)c1F.